The van der Waals surface area contributed by atoms with Crippen molar-refractivity contribution in [2.75, 3.05) is 0 Å². The molecule has 5 aliphatic rings. The maximum Gasteiger partial charge on any atom is 0.0582 e. The van der Waals surface area contributed by atoms with Gasteiger partial charge in [0.15, 0.2) is 0 Å². The van der Waals surface area contributed by atoms with Gasteiger partial charge < -0.3 is 10.2 Å². The average Bonchev–Trinajstić information content (AvgIpc) is 3.21. The largest absolute Gasteiger partial charge is 0.393 e. The Morgan fingerprint density at radius 3 is 2.75 bits per heavy atom. The monoisotopic (exact) mass is 328 g/mol. The van der Waals surface area contributed by atoms with E-state index in [1.54, 1.807) is 11.1 Å². The van der Waals surface area contributed by atoms with Gasteiger partial charge in [-0.15, -0.1) is 0 Å². The first-order valence-electron chi connectivity index (χ1n) is 10.1. The van der Waals surface area contributed by atoms with Crippen molar-refractivity contribution in [3.63, 3.8) is 0 Å². The second kappa shape index (κ2) is 4.57. The summed E-state index contributed by atoms with van der Waals surface area (Å²) in [6.45, 7) is 6.96. The molecule has 0 heterocycles. The van der Waals surface area contributed by atoms with Gasteiger partial charge in [-0.1, -0.05) is 37.1 Å². The number of rotatable bonds is 1. The van der Waals surface area contributed by atoms with E-state index in [1.807, 2.05) is 6.92 Å². The molecule has 5 aliphatic carbocycles. The highest BCUT2D eigenvalue weighted by Crippen LogP contribution is 2.78. The van der Waals surface area contributed by atoms with Gasteiger partial charge in [-0.2, -0.15) is 0 Å². The van der Waals surface area contributed by atoms with E-state index in [4.69, 9.17) is 0 Å². The van der Waals surface area contributed by atoms with Gasteiger partial charge in [0, 0.05) is 5.41 Å². The first-order chi connectivity index (χ1) is 11.3. The molecule has 0 radical (unpaired) electrons. The molecule has 0 aliphatic heterocycles. The maximum absolute atomic E-state index is 10.5. The predicted octanol–water partition coefficient (Wildman–Crippen LogP) is 4.23. The quantitative estimate of drug-likeness (QED) is 0.707. The van der Waals surface area contributed by atoms with Gasteiger partial charge in [-0.05, 0) is 80.5 Å². The van der Waals surface area contributed by atoms with Crippen LogP contribution in [0.5, 0.6) is 0 Å². The molecule has 24 heavy (non-hydrogen) atoms. The van der Waals surface area contributed by atoms with Crippen molar-refractivity contribution in [2.24, 2.45) is 34.0 Å². The summed E-state index contributed by atoms with van der Waals surface area (Å²) >= 11 is 0. The fourth-order valence-electron chi connectivity index (χ4n) is 7.81. The van der Waals surface area contributed by atoms with Crippen molar-refractivity contribution < 1.29 is 10.2 Å². The molecule has 2 N–H and O–H groups in total. The summed E-state index contributed by atoms with van der Waals surface area (Å²) in [6, 6.07) is 0. The number of fused-ring (bicyclic) bond motifs is 7. The van der Waals surface area contributed by atoms with E-state index in [-0.39, 0.29) is 23.0 Å². The molecule has 132 valence electrons. The van der Waals surface area contributed by atoms with E-state index in [9.17, 15) is 10.2 Å². The van der Waals surface area contributed by atoms with Crippen molar-refractivity contribution >= 4 is 0 Å². The number of allylic oxidation sites excluding steroid dienone is 3. The van der Waals surface area contributed by atoms with Crippen LogP contribution >= 0.6 is 0 Å². The Bertz CT molecular complexity index is 646. The van der Waals surface area contributed by atoms with Crippen LogP contribution in [0.1, 0.15) is 65.7 Å². The third-order valence-electron chi connectivity index (χ3n) is 9.31. The van der Waals surface area contributed by atoms with Crippen LogP contribution in [-0.2, 0) is 0 Å². The summed E-state index contributed by atoms with van der Waals surface area (Å²) in [5, 5.41) is 20.7. The second-order valence-corrected chi connectivity index (χ2v) is 10.0. The van der Waals surface area contributed by atoms with Crippen LogP contribution in [0.15, 0.2) is 23.3 Å². The Morgan fingerprint density at radius 2 is 2.00 bits per heavy atom. The fourth-order valence-corrected chi connectivity index (χ4v) is 7.81. The van der Waals surface area contributed by atoms with Crippen LogP contribution in [0.3, 0.4) is 0 Å². The molecule has 3 saturated carbocycles. The highest BCUT2D eigenvalue weighted by molar-refractivity contribution is 5.43. The maximum atomic E-state index is 10.5. The Labute approximate surface area is 146 Å². The summed E-state index contributed by atoms with van der Waals surface area (Å²) in [6.07, 6.45) is 12.7. The van der Waals surface area contributed by atoms with Crippen molar-refractivity contribution in [3.05, 3.63) is 23.3 Å². The second-order valence-electron chi connectivity index (χ2n) is 10.0. The molecular formula is C22H32O2. The molecule has 0 aromatic rings. The van der Waals surface area contributed by atoms with Crippen LogP contribution in [0.4, 0.5) is 0 Å². The molecule has 8 atom stereocenters. The molecule has 2 heteroatoms. The topological polar surface area (TPSA) is 40.5 Å². The Morgan fingerprint density at radius 1 is 1.21 bits per heavy atom. The Hall–Kier alpha value is -0.600. The first-order valence-corrected chi connectivity index (χ1v) is 10.1. The molecule has 0 bridgehead atoms. The zero-order chi connectivity index (χ0) is 16.9. The van der Waals surface area contributed by atoms with Gasteiger partial charge in [0.05, 0.1) is 12.2 Å². The molecule has 3 fully saturated rings. The van der Waals surface area contributed by atoms with E-state index in [2.05, 4.69) is 26.0 Å². The number of aliphatic hydroxyl groups is 2. The minimum absolute atomic E-state index is 0.119. The summed E-state index contributed by atoms with van der Waals surface area (Å²) in [4.78, 5) is 0. The minimum Gasteiger partial charge on any atom is -0.393 e. The van der Waals surface area contributed by atoms with E-state index < -0.39 is 0 Å². The molecule has 0 amide bonds. The van der Waals surface area contributed by atoms with Crippen LogP contribution in [0, 0.1) is 34.0 Å². The summed E-state index contributed by atoms with van der Waals surface area (Å²) in [5.74, 6) is 2.05. The summed E-state index contributed by atoms with van der Waals surface area (Å²) in [5.41, 5.74) is 3.91. The van der Waals surface area contributed by atoms with Gasteiger partial charge in [0.2, 0.25) is 0 Å². The van der Waals surface area contributed by atoms with Crippen molar-refractivity contribution in [1.82, 2.24) is 0 Å². The highest BCUT2D eigenvalue weighted by atomic mass is 16.3. The van der Waals surface area contributed by atoms with E-state index in [0.29, 0.717) is 17.3 Å². The Kier molecular flexibility index (Phi) is 2.98. The summed E-state index contributed by atoms with van der Waals surface area (Å²) < 4.78 is 0. The predicted molar refractivity (Wildman–Crippen MR) is 95.3 cm³/mol. The number of hydrogen-bond acceptors (Lipinski definition) is 2. The molecule has 2 nitrogen and oxygen atoms in total. The SMILES string of the molecule is CC(O)[C@@]12C[C@@H]1C=C1C3CC=C4CC(O)CCC4(C)C3CCC12C. The van der Waals surface area contributed by atoms with Crippen molar-refractivity contribution in [3.8, 4) is 0 Å². The normalized spacial score (nSPS) is 56.2. The number of aliphatic hydroxyl groups excluding tert-OH is 2. The first kappa shape index (κ1) is 15.6. The summed E-state index contributed by atoms with van der Waals surface area (Å²) in [7, 11) is 0. The molecule has 0 spiro atoms. The lowest BCUT2D eigenvalue weighted by Gasteiger charge is -2.57. The van der Waals surface area contributed by atoms with Crippen LogP contribution in [0.25, 0.3) is 0 Å². The molecular weight excluding hydrogens is 296 g/mol. The lowest BCUT2D eigenvalue weighted by Crippen LogP contribution is -2.50. The van der Waals surface area contributed by atoms with Gasteiger partial charge in [0.25, 0.3) is 0 Å². The standard InChI is InChI=1S/C22H32O2/c1-13(23)22-12-15(22)11-19-17-5-4-14-10-16(24)6-8-20(14,2)18(17)7-9-21(19,22)3/h4,11,13,15-18,23-24H,5-10,12H2,1-3H3/t13?,15-,16?,17?,18?,20?,21?,22-/m0/s1. The molecule has 6 unspecified atom stereocenters. The molecule has 0 aromatic carbocycles. The van der Waals surface area contributed by atoms with E-state index >= 15 is 0 Å². The van der Waals surface area contributed by atoms with Crippen molar-refractivity contribution in [2.45, 2.75) is 77.9 Å². The average molecular weight is 328 g/mol. The van der Waals surface area contributed by atoms with Crippen LogP contribution in [0.2, 0.25) is 0 Å². The van der Waals surface area contributed by atoms with Crippen molar-refractivity contribution in [1.29, 1.82) is 0 Å². The molecule has 0 aromatic heterocycles. The van der Waals surface area contributed by atoms with Gasteiger partial charge in [-0.25, -0.2) is 0 Å². The minimum atomic E-state index is -0.187. The highest BCUT2D eigenvalue weighted by Gasteiger charge is 2.72. The third kappa shape index (κ3) is 1.61. The Balaban J connectivity index is 1.53. The zero-order valence-electron chi connectivity index (χ0n) is 15.4. The number of hydrogen-bond donors (Lipinski definition) is 2. The fraction of sp³-hybridized carbons (Fsp3) is 0.818. The van der Waals surface area contributed by atoms with Gasteiger partial charge in [-0.3, -0.25) is 0 Å². The van der Waals surface area contributed by atoms with Crippen LogP contribution < -0.4 is 0 Å². The lowest BCUT2D eigenvalue weighted by atomic mass is 9.47. The molecule has 0 saturated heterocycles. The zero-order valence-corrected chi connectivity index (χ0v) is 15.4. The van der Waals surface area contributed by atoms with E-state index in [0.717, 1.165) is 31.6 Å². The van der Waals surface area contributed by atoms with Gasteiger partial charge in [0.1, 0.15) is 0 Å². The lowest BCUT2D eigenvalue weighted by molar-refractivity contribution is -0.0192. The molecule has 5 rings (SSSR count). The van der Waals surface area contributed by atoms with Gasteiger partial charge >= 0.3 is 0 Å². The van der Waals surface area contributed by atoms with E-state index in [1.165, 1.54) is 19.3 Å². The third-order valence-corrected chi connectivity index (χ3v) is 9.31. The van der Waals surface area contributed by atoms with Crippen LogP contribution in [-0.4, -0.2) is 22.4 Å². The smallest absolute Gasteiger partial charge is 0.0582 e.